The van der Waals surface area contributed by atoms with Crippen molar-refractivity contribution in [2.45, 2.75) is 44.8 Å². The van der Waals surface area contributed by atoms with E-state index in [2.05, 4.69) is 19.1 Å². The first-order valence-electron chi connectivity index (χ1n) is 5.39. The van der Waals surface area contributed by atoms with Gasteiger partial charge < -0.3 is 9.47 Å². The van der Waals surface area contributed by atoms with Crippen molar-refractivity contribution in [3.8, 4) is 0 Å². The molecule has 2 rings (SSSR count). The van der Waals surface area contributed by atoms with Crippen LogP contribution in [0.1, 0.15) is 38.5 Å². The molecule has 14 heavy (non-hydrogen) atoms. The fourth-order valence-electron chi connectivity index (χ4n) is 1.86. The molecular formula is C12H17O2. The van der Waals surface area contributed by atoms with Gasteiger partial charge in [0.2, 0.25) is 6.29 Å². The maximum Gasteiger partial charge on any atom is 0.240 e. The minimum atomic E-state index is -0.372. The van der Waals surface area contributed by atoms with Crippen LogP contribution in [0.15, 0.2) is 23.7 Å². The van der Waals surface area contributed by atoms with Crippen LogP contribution in [0.2, 0.25) is 0 Å². The highest BCUT2D eigenvalue weighted by atomic mass is 16.7. The molecule has 0 aromatic carbocycles. The zero-order chi connectivity index (χ0) is 9.80. The maximum atomic E-state index is 5.56. The lowest BCUT2D eigenvalue weighted by Crippen LogP contribution is -2.11. The lowest BCUT2D eigenvalue weighted by molar-refractivity contribution is -0.0556. The van der Waals surface area contributed by atoms with Gasteiger partial charge in [0.05, 0.1) is 11.5 Å². The highest BCUT2D eigenvalue weighted by Crippen LogP contribution is 2.24. The van der Waals surface area contributed by atoms with Crippen molar-refractivity contribution in [3.63, 3.8) is 0 Å². The smallest absolute Gasteiger partial charge is 0.240 e. The van der Waals surface area contributed by atoms with E-state index in [1.54, 1.807) is 0 Å². The SMILES string of the molecule is [CH2]C(OC1=CCCC1)OC1=CCCC1. The molecule has 0 N–H and O–H groups in total. The summed E-state index contributed by atoms with van der Waals surface area (Å²) in [7, 11) is 0. The van der Waals surface area contributed by atoms with E-state index < -0.39 is 0 Å². The lowest BCUT2D eigenvalue weighted by atomic mass is 10.3. The summed E-state index contributed by atoms with van der Waals surface area (Å²) in [5.74, 6) is 2.09. The molecule has 2 heteroatoms. The van der Waals surface area contributed by atoms with Crippen molar-refractivity contribution < 1.29 is 9.47 Å². The molecule has 2 aliphatic rings. The highest BCUT2D eigenvalue weighted by molar-refractivity contribution is 5.02. The van der Waals surface area contributed by atoms with Crippen LogP contribution < -0.4 is 0 Å². The van der Waals surface area contributed by atoms with Crippen LogP contribution in [0.25, 0.3) is 0 Å². The summed E-state index contributed by atoms with van der Waals surface area (Å²) in [5, 5.41) is 0. The summed E-state index contributed by atoms with van der Waals surface area (Å²) in [6.07, 6.45) is 10.6. The van der Waals surface area contributed by atoms with Crippen LogP contribution in [0.5, 0.6) is 0 Å². The second-order valence-electron chi connectivity index (χ2n) is 3.79. The molecule has 0 saturated heterocycles. The fourth-order valence-corrected chi connectivity index (χ4v) is 1.86. The second kappa shape index (κ2) is 4.54. The van der Waals surface area contributed by atoms with Gasteiger partial charge >= 0.3 is 0 Å². The number of hydrogen-bond acceptors (Lipinski definition) is 2. The van der Waals surface area contributed by atoms with E-state index in [0.717, 1.165) is 37.2 Å². The highest BCUT2D eigenvalue weighted by Gasteiger charge is 2.13. The minimum Gasteiger partial charge on any atom is -0.460 e. The lowest BCUT2D eigenvalue weighted by Gasteiger charge is -2.17. The third-order valence-electron chi connectivity index (χ3n) is 2.56. The molecule has 0 unspecified atom stereocenters. The van der Waals surface area contributed by atoms with Gasteiger partial charge in [0, 0.05) is 19.8 Å². The van der Waals surface area contributed by atoms with Crippen molar-refractivity contribution in [3.05, 3.63) is 30.6 Å². The van der Waals surface area contributed by atoms with Gasteiger partial charge in [-0.05, 0) is 37.8 Å². The van der Waals surface area contributed by atoms with E-state index >= 15 is 0 Å². The van der Waals surface area contributed by atoms with Crippen molar-refractivity contribution in [2.24, 2.45) is 0 Å². The Kier molecular flexibility index (Phi) is 3.12. The van der Waals surface area contributed by atoms with Gasteiger partial charge in [0.1, 0.15) is 0 Å². The molecule has 0 heterocycles. The molecule has 0 atom stereocenters. The molecule has 0 aromatic rings. The molecule has 0 fully saturated rings. The second-order valence-corrected chi connectivity index (χ2v) is 3.79. The Morgan fingerprint density at radius 1 is 1.00 bits per heavy atom. The van der Waals surface area contributed by atoms with Gasteiger partial charge in [0.15, 0.2) is 0 Å². The Labute approximate surface area is 85.6 Å². The monoisotopic (exact) mass is 193 g/mol. The fraction of sp³-hybridized carbons (Fsp3) is 0.583. The zero-order valence-electron chi connectivity index (χ0n) is 8.50. The molecule has 0 spiro atoms. The predicted molar refractivity (Wildman–Crippen MR) is 55.2 cm³/mol. The van der Waals surface area contributed by atoms with E-state index in [1.807, 2.05) is 0 Å². The minimum absolute atomic E-state index is 0.372. The van der Waals surface area contributed by atoms with Crippen LogP contribution in [-0.4, -0.2) is 6.29 Å². The summed E-state index contributed by atoms with van der Waals surface area (Å²) in [4.78, 5) is 0. The number of hydrogen-bond donors (Lipinski definition) is 0. The Bertz CT molecular complexity index is 227. The van der Waals surface area contributed by atoms with E-state index in [4.69, 9.17) is 9.47 Å². The Morgan fingerprint density at radius 2 is 1.50 bits per heavy atom. The summed E-state index contributed by atoms with van der Waals surface area (Å²) in [6.45, 7) is 3.84. The molecule has 0 aliphatic heterocycles. The van der Waals surface area contributed by atoms with Gasteiger partial charge in [-0.15, -0.1) is 0 Å². The molecule has 0 saturated carbocycles. The van der Waals surface area contributed by atoms with Gasteiger partial charge in [-0.1, -0.05) is 0 Å². The average molecular weight is 193 g/mol. The Hall–Kier alpha value is -0.920. The van der Waals surface area contributed by atoms with Crippen molar-refractivity contribution in [2.75, 3.05) is 0 Å². The first kappa shape index (κ1) is 9.63. The third kappa shape index (κ3) is 2.53. The molecule has 77 valence electrons. The molecule has 2 nitrogen and oxygen atoms in total. The third-order valence-corrected chi connectivity index (χ3v) is 2.56. The Morgan fingerprint density at radius 3 is 1.86 bits per heavy atom. The van der Waals surface area contributed by atoms with Crippen LogP contribution in [0.4, 0.5) is 0 Å². The van der Waals surface area contributed by atoms with E-state index in [9.17, 15) is 0 Å². The predicted octanol–water partition coefficient (Wildman–Crippen LogP) is 3.32. The number of rotatable bonds is 4. The first-order chi connectivity index (χ1) is 6.84. The van der Waals surface area contributed by atoms with Gasteiger partial charge in [-0.3, -0.25) is 0 Å². The van der Waals surface area contributed by atoms with Crippen LogP contribution in [-0.2, 0) is 9.47 Å². The maximum absolute atomic E-state index is 5.56. The summed E-state index contributed by atoms with van der Waals surface area (Å²) in [6, 6.07) is 0. The summed E-state index contributed by atoms with van der Waals surface area (Å²) in [5.41, 5.74) is 0. The standard InChI is InChI=1S/C12H17O2/c1-10(13-11-6-2-3-7-11)14-12-8-4-5-9-12/h6,8,10H,1-5,7,9H2. The number of ether oxygens (including phenoxy) is 2. The van der Waals surface area contributed by atoms with Gasteiger partial charge in [-0.25, -0.2) is 0 Å². The molecule has 1 radical (unpaired) electrons. The van der Waals surface area contributed by atoms with E-state index in [0.29, 0.717) is 0 Å². The van der Waals surface area contributed by atoms with Crippen molar-refractivity contribution >= 4 is 0 Å². The topological polar surface area (TPSA) is 18.5 Å². The molecule has 0 aromatic heterocycles. The Balaban J connectivity index is 1.74. The first-order valence-corrected chi connectivity index (χ1v) is 5.39. The normalized spacial score (nSPS) is 21.0. The van der Waals surface area contributed by atoms with Crippen molar-refractivity contribution in [1.82, 2.24) is 0 Å². The molecule has 0 amide bonds. The largest absolute Gasteiger partial charge is 0.460 e. The summed E-state index contributed by atoms with van der Waals surface area (Å²) >= 11 is 0. The van der Waals surface area contributed by atoms with Crippen LogP contribution in [0, 0.1) is 6.92 Å². The van der Waals surface area contributed by atoms with E-state index in [1.165, 1.54) is 12.8 Å². The van der Waals surface area contributed by atoms with Crippen LogP contribution in [0.3, 0.4) is 0 Å². The molecule has 0 bridgehead atoms. The van der Waals surface area contributed by atoms with Gasteiger partial charge in [0.25, 0.3) is 0 Å². The van der Waals surface area contributed by atoms with E-state index in [-0.39, 0.29) is 6.29 Å². The summed E-state index contributed by atoms with van der Waals surface area (Å²) < 4.78 is 11.1. The van der Waals surface area contributed by atoms with Crippen molar-refractivity contribution in [1.29, 1.82) is 0 Å². The number of allylic oxidation sites excluding steroid dienone is 4. The average Bonchev–Trinajstić information content (AvgIpc) is 2.76. The van der Waals surface area contributed by atoms with Crippen LogP contribution >= 0.6 is 0 Å². The van der Waals surface area contributed by atoms with Gasteiger partial charge in [-0.2, -0.15) is 0 Å². The molecule has 2 aliphatic carbocycles. The quantitative estimate of drug-likeness (QED) is 0.638. The zero-order valence-corrected chi connectivity index (χ0v) is 8.50. The molecular weight excluding hydrogens is 176 g/mol.